The SMILES string of the molecule is COc1ccc(C(NC(=O)C(C)NC(=O)c2ccccc2OC(F)(F)F)C(=O)NC(C(=O)C(F)(F)F)C(C)C)cc1. The Morgan fingerprint density at radius 3 is 1.88 bits per heavy atom. The van der Waals surface area contributed by atoms with Gasteiger partial charge < -0.3 is 25.4 Å². The first-order valence-electron chi connectivity index (χ1n) is 12.0. The van der Waals surface area contributed by atoms with Crippen LogP contribution in [0.5, 0.6) is 11.5 Å². The number of carbonyl (C=O) groups is 4. The molecule has 0 fully saturated rings. The van der Waals surface area contributed by atoms with Crippen LogP contribution in [-0.2, 0) is 14.4 Å². The maximum Gasteiger partial charge on any atom is 0.573 e. The van der Waals surface area contributed by atoms with E-state index in [9.17, 15) is 45.5 Å². The standard InChI is InChI=1S/C26H27F6N3O6/c1-13(2)19(21(36)25(27,28)29)34-24(39)20(15-9-11-16(40-4)12-10-15)35-22(37)14(3)33-23(38)17-7-5-6-8-18(17)41-26(30,31)32/h5-14,19-20H,1-4H3,(H,33,38)(H,34,39)(H,35,37). The lowest BCUT2D eigenvalue weighted by molar-refractivity contribution is -0.274. The zero-order valence-corrected chi connectivity index (χ0v) is 22.1. The van der Waals surface area contributed by atoms with Crippen LogP contribution in [0.1, 0.15) is 42.7 Å². The van der Waals surface area contributed by atoms with Crippen LogP contribution in [-0.4, -0.2) is 55.2 Å². The minimum atomic E-state index is -5.24. The Hall–Kier alpha value is -4.30. The molecule has 0 saturated heterocycles. The average Bonchev–Trinajstić information content (AvgIpc) is 2.88. The van der Waals surface area contributed by atoms with Gasteiger partial charge in [-0.2, -0.15) is 13.2 Å². The predicted molar refractivity (Wildman–Crippen MR) is 132 cm³/mol. The number of ether oxygens (including phenoxy) is 2. The Balaban J connectivity index is 2.30. The number of hydrogen-bond donors (Lipinski definition) is 3. The van der Waals surface area contributed by atoms with Crippen LogP contribution in [0.3, 0.4) is 0 Å². The molecule has 0 aliphatic heterocycles. The summed E-state index contributed by atoms with van der Waals surface area (Å²) < 4.78 is 86.4. The van der Waals surface area contributed by atoms with Gasteiger partial charge in [0.2, 0.25) is 11.8 Å². The lowest BCUT2D eigenvalue weighted by atomic mass is 9.97. The molecule has 2 rings (SSSR count). The second-order valence-electron chi connectivity index (χ2n) is 9.05. The minimum absolute atomic E-state index is 0.0843. The fourth-order valence-electron chi connectivity index (χ4n) is 3.52. The van der Waals surface area contributed by atoms with Crippen molar-refractivity contribution in [3.8, 4) is 11.5 Å². The van der Waals surface area contributed by atoms with Crippen LogP contribution in [0.15, 0.2) is 48.5 Å². The third-order valence-electron chi connectivity index (χ3n) is 5.62. The lowest BCUT2D eigenvalue weighted by Crippen LogP contribution is -2.54. The maximum atomic E-state index is 13.1. The topological polar surface area (TPSA) is 123 Å². The number of nitrogens with one attached hydrogen (secondary N) is 3. The summed E-state index contributed by atoms with van der Waals surface area (Å²) in [5, 5.41) is 6.50. The molecule has 3 N–H and O–H groups in total. The van der Waals surface area contributed by atoms with Crippen molar-refractivity contribution < 1.29 is 55.0 Å². The Morgan fingerprint density at radius 2 is 1.37 bits per heavy atom. The summed E-state index contributed by atoms with van der Waals surface area (Å²) in [7, 11) is 1.36. The first-order chi connectivity index (χ1) is 18.9. The van der Waals surface area contributed by atoms with E-state index in [1.54, 1.807) is 0 Å². The summed E-state index contributed by atoms with van der Waals surface area (Å²) in [6.45, 7) is 3.73. The van der Waals surface area contributed by atoms with E-state index in [4.69, 9.17) is 4.74 Å². The third-order valence-corrected chi connectivity index (χ3v) is 5.62. The molecule has 9 nitrogen and oxygen atoms in total. The molecule has 0 radical (unpaired) electrons. The number of methoxy groups -OCH3 is 1. The summed E-state index contributed by atoms with van der Waals surface area (Å²) >= 11 is 0. The molecule has 0 aromatic heterocycles. The molecule has 2 aromatic rings. The summed E-state index contributed by atoms with van der Waals surface area (Å²) in [6, 6.07) is 4.81. The molecular formula is C26H27F6N3O6. The second-order valence-corrected chi connectivity index (χ2v) is 9.05. The first kappa shape index (κ1) is 32.9. The minimum Gasteiger partial charge on any atom is -0.497 e. The summed E-state index contributed by atoms with van der Waals surface area (Å²) in [5.74, 6) is -6.94. The number of rotatable bonds is 11. The van der Waals surface area contributed by atoms with Crippen molar-refractivity contribution in [3.63, 3.8) is 0 Å². The number of amides is 3. The van der Waals surface area contributed by atoms with Crippen molar-refractivity contribution in [1.82, 2.24) is 16.0 Å². The van der Waals surface area contributed by atoms with E-state index in [-0.39, 0.29) is 5.56 Å². The van der Waals surface area contributed by atoms with Gasteiger partial charge in [0.05, 0.1) is 18.7 Å². The molecule has 0 heterocycles. The van der Waals surface area contributed by atoms with Crippen molar-refractivity contribution >= 4 is 23.5 Å². The number of para-hydroxylation sites is 1. The van der Waals surface area contributed by atoms with Gasteiger partial charge in [-0.15, -0.1) is 13.2 Å². The normalized spacial score (nSPS) is 13.9. The average molecular weight is 592 g/mol. The lowest BCUT2D eigenvalue weighted by Gasteiger charge is -2.26. The van der Waals surface area contributed by atoms with E-state index < -0.39 is 71.4 Å². The Kier molecular flexibility index (Phi) is 10.7. The molecule has 0 aliphatic carbocycles. The van der Waals surface area contributed by atoms with Crippen LogP contribution < -0.4 is 25.4 Å². The molecule has 0 saturated carbocycles. The highest BCUT2D eigenvalue weighted by Gasteiger charge is 2.45. The van der Waals surface area contributed by atoms with Crippen LogP contribution >= 0.6 is 0 Å². The largest absolute Gasteiger partial charge is 0.573 e. The molecule has 2 aromatic carbocycles. The van der Waals surface area contributed by atoms with Crippen molar-refractivity contribution in [2.45, 2.75) is 51.4 Å². The van der Waals surface area contributed by atoms with Gasteiger partial charge in [0, 0.05) is 0 Å². The molecule has 3 atom stereocenters. The molecule has 41 heavy (non-hydrogen) atoms. The highest BCUT2D eigenvalue weighted by Crippen LogP contribution is 2.27. The summed E-state index contributed by atoms with van der Waals surface area (Å²) in [4.78, 5) is 50.6. The van der Waals surface area contributed by atoms with E-state index in [2.05, 4.69) is 15.4 Å². The summed E-state index contributed by atoms with van der Waals surface area (Å²) in [5.41, 5.74) is -0.458. The van der Waals surface area contributed by atoms with E-state index in [0.717, 1.165) is 19.1 Å². The van der Waals surface area contributed by atoms with Gasteiger partial charge in [-0.05, 0) is 42.7 Å². The Morgan fingerprint density at radius 1 is 0.780 bits per heavy atom. The van der Waals surface area contributed by atoms with Gasteiger partial charge in [0.15, 0.2) is 0 Å². The third kappa shape index (κ3) is 9.39. The molecule has 3 unspecified atom stereocenters. The smallest absolute Gasteiger partial charge is 0.497 e. The quantitative estimate of drug-likeness (QED) is 0.342. The van der Waals surface area contributed by atoms with E-state index in [0.29, 0.717) is 5.75 Å². The zero-order valence-electron chi connectivity index (χ0n) is 22.1. The summed E-state index contributed by atoms with van der Waals surface area (Å²) in [6.07, 6.45) is -10.3. The van der Waals surface area contributed by atoms with Crippen LogP contribution in [0.2, 0.25) is 0 Å². The van der Waals surface area contributed by atoms with E-state index in [1.165, 1.54) is 57.4 Å². The fraction of sp³-hybridized carbons (Fsp3) is 0.385. The second kappa shape index (κ2) is 13.4. The van der Waals surface area contributed by atoms with Gasteiger partial charge in [0.1, 0.15) is 23.6 Å². The molecule has 224 valence electrons. The number of Topliss-reactive ketones (excluding diaryl/α,β-unsaturated/α-hetero) is 1. The van der Waals surface area contributed by atoms with Crippen LogP contribution in [0.4, 0.5) is 26.3 Å². The van der Waals surface area contributed by atoms with Gasteiger partial charge in [0.25, 0.3) is 11.7 Å². The molecule has 15 heteroatoms. The van der Waals surface area contributed by atoms with Crippen LogP contribution in [0.25, 0.3) is 0 Å². The van der Waals surface area contributed by atoms with E-state index in [1.807, 2.05) is 5.32 Å². The number of alkyl halides is 6. The zero-order chi connectivity index (χ0) is 31.1. The van der Waals surface area contributed by atoms with Gasteiger partial charge in [-0.3, -0.25) is 19.2 Å². The Labute approximate surface area is 230 Å². The van der Waals surface area contributed by atoms with Gasteiger partial charge in [-0.1, -0.05) is 38.1 Å². The molecular weight excluding hydrogens is 564 g/mol. The Bertz CT molecular complexity index is 1250. The highest BCUT2D eigenvalue weighted by atomic mass is 19.4. The highest BCUT2D eigenvalue weighted by molar-refractivity contribution is 6.00. The van der Waals surface area contributed by atoms with Crippen molar-refractivity contribution in [2.75, 3.05) is 7.11 Å². The predicted octanol–water partition coefficient (Wildman–Crippen LogP) is 3.84. The number of ketones is 1. The first-order valence-corrected chi connectivity index (χ1v) is 12.0. The molecule has 0 aliphatic rings. The van der Waals surface area contributed by atoms with Crippen molar-refractivity contribution in [3.05, 3.63) is 59.7 Å². The number of hydrogen-bond acceptors (Lipinski definition) is 6. The van der Waals surface area contributed by atoms with Crippen molar-refractivity contribution in [1.29, 1.82) is 0 Å². The van der Waals surface area contributed by atoms with E-state index >= 15 is 0 Å². The molecule has 0 spiro atoms. The molecule has 3 amide bonds. The van der Waals surface area contributed by atoms with Gasteiger partial charge >= 0.3 is 12.5 Å². The molecule has 0 bridgehead atoms. The maximum absolute atomic E-state index is 13.1. The number of carbonyl (C=O) groups excluding carboxylic acids is 4. The van der Waals surface area contributed by atoms with Crippen molar-refractivity contribution in [2.24, 2.45) is 5.92 Å². The van der Waals surface area contributed by atoms with Crippen LogP contribution in [0, 0.1) is 5.92 Å². The van der Waals surface area contributed by atoms with Gasteiger partial charge in [-0.25, -0.2) is 0 Å². The monoisotopic (exact) mass is 591 g/mol. The number of halogens is 6. The number of benzene rings is 2. The fourth-order valence-corrected chi connectivity index (χ4v) is 3.52.